The third-order valence-corrected chi connectivity index (χ3v) is 2.55. The highest BCUT2D eigenvalue weighted by atomic mass is 35.5. The molecule has 0 amide bonds. The zero-order valence-corrected chi connectivity index (χ0v) is 12.4. The Kier molecular flexibility index (Phi) is 6.27. The van der Waals surface area contributed by atoms with Crippen molar-refractivity contribution in [1.29, 1.82) is 0 Å². The van der Waals surface area contributed by atoms with E-state index in [1.165, 1.54) is 12.1 Å². The summed E-state index contributed by atoms with van der Waals surface area (Å²) < 4.78 is 10.9. The molecule has 1 aromatic heterocycles. The Hall–Kier alpha value is -2.67. The molecule has 0 bridgehead atoms. The minimum Gasteiger partial charge on any atom is -0.490 e. The Balaban J connectivity index is 0.00000242. The van der Waals surface area contributed by atoms with E-state index in [4.69, 9.17) is 9.47 Å². The fraction of sp³-hybridized carbons (Fsp3) is 0.143. The summed E-state index contributed by atoms with van der Waals surface area (Å²) in [5.74, 6) is 0.978. The highest BCUT2D eigenvalue weighted by Crippen LogP contribution is 2.31. The fourth-order valence-corrected chi connectivity index (χ4v) is 1.60. The molecule has 2 aromatic rings. The number of hydrogen-bond acceptors (Lipinski definition) is 6. The van der Waals surface area contributed by atoms with Crippen LogP contribution in [0.4, 0.5) is 5.69 Å². The second-order valence-electron chi connectivity index (χ2n) is 3.97. The van der Waals surface area contributed by atoms with Gasteiger partial charge in [0.15, 0.2) is 11.5 Å². The first-order chi connectivity index (χ1) is 10.1. The lowest BCUT2D eigenvalue weighted by Gasteiger charge is -2.11. The maximum atomic E-state index is 10.8. The molecule has 0 radical (unpaired) electrons. The van der Waals surface area contributed by atoms with Gasteiger partial charge in [0.05, 0.1) is 11.5 Å². The average Bonchev–Trinajstić information content (AvgIpc) is 2.49. The number of ether oxygens (including phenoxy) is 2. The van der Waals surface area contributed by atoms with Crippen LogP contribution in [0.15, 0.2) is 36.5 Å². The molecule has 0 saturated heterocycles. The van der Waals surface area contributed by atoms with Crippen molar-refractivity contribution in [2.24, 2.45) is 0 Å². The van der Waals surface area contributed by atoms with Crippen molar-refractivity contribution >= 4 is 24.4 Å². The summed E-state index contributed by atoms with van der Waals surface area (Å²) in [7, 11) is 0. The lowest BCUT2D eigenvalue weighted by atomic mass is 10.2. The summed E-state index contributed by atoms with van der Waals surface area (Å²) in [5, 5.41) is 10.6. The molecule has 1 aromatic carbocycles. The molecule has 22 heavy (non-hydrogen) atoms. The fourth-order valence-electron chi connectivity index (χ4n) is 1.60. The Bertz CT molecular complexity index is 661. The van der Waals surface area contributed by atoms with Crippen LogP contribution in [0.5, 0.6) is 17.4 Å². The lowest BCUT2D eigenvalue weighted by Crippen LogP contribution is -1.97. The maximum absolute atomic E-state index is 10.8. The van der Waals surface area contributed by atoms with E-state index in [1.807, 2.05) is 6.92 Å². The van der Waals surface area contributed by atoms with Crippen molar-refractivity contribution in [3.05, 3.63) is 52.2 Å². The minimum absolute atomic E-state index is 0. The van der Waals surface area contributed by atoms with Crippen LogP contribution in [-0.4, -0.2) is 22.8 Å². The van der Waals surface area contributed by atoms with Crippen LogP contribution in [0, 0.1) is 10.1 Å². The van der Waals surface area contributed by atoms with Gasteiger partial charge in [0.2, 0.25) is 5.88 Å². The molecule has 7 nitrogen and oxygen atoms in total. The number of aldehydes is 1. The predicted octanol–water partition coefficient (Wildman–Crippen LogP) is 3.42. The third kappa shape index (κ3) is 4.16. The molecular formula is C14H13ClN2O5. The smallest absolute Gasteiger partial charge is 0.287 e. The van der Waals surface area contributed by atoms with Gasteiger partial charge in [-0.05, 0) is 25.1 Å². The number of halogens is 1. The molecule has 0 atom stereocenters. The van der Waals surface area contributed by atoms with Gasteiger partial charge in [-0.1, -0.05) is 0 Å². The number of pyridine rings is 1. The summed E-state index contributed by atoms with van der Waals surface area (Å²) in [6.45, 7) is 2.22. The van der Waals surface area contributed by atoms with E-state index in [0.29, 0.717) is 30.0 Å². The van der Waals surface area contributed by atoms with Crippen molar-refractivity contribution in [2.45, 2.75) is 6.92 Å². The maximum Gasteiger partial charge on any atom is 0.287 e. The topological polar surface area (TPSA) is 91.6 Å². The van der Waals surface area contributed by atoms with E-state index in [-0.39, 0.29) is 24.0 Å². The van der Waals surface area contributed by atoms with Gasteiger partial charge in [0, 0.05) is 17.7 Å². The van der Waals surface area contributed by atoms with Crippen molar-refractivity contribution in [3.8, 4) is 17.4 Å². The molecule has 116 valence electrons. The summed E-state index contributed by atoms with van der Waals surface area (Å²) in [5.41, 5.74) is 0.339. The molecule has 0 spiro atoms. The predicted molar refractivity (Wildman–Crippen MR) is 81.2 cm³/mol. The Labute approximate surface area is 132 Å². The Morgan fingerprint density at radius 3 is 2.59 bits per heavy atom. The van der Waals surface area contributed by atoms with Gasteiger partial charge < -0.3 is 9.47 Å². The standard InChI is InChI=1S/C14H12N2O5.ClH/c1-2-20-13-7-10(9-17)3-5-12(13)21-14-6-4-11(8-15-14)16(18)19;/h3-9H,2H2,1H3;1H. The van der Waals surface area contributed by atoms with Crippen molar-refractivity contribution in [1.82, 2.24) is 4.98 Å². The molecule has 0 aliphatic rings. The van der Waals surface area contributed by atoms with Crippen LogP contribution in [0.25, 0.3) is 0 Å². The van der Waals surface area contributed by atoms with Crippen molar-refractivity contribution < 1.29 is 19.2 Å². The number of rotatable bonds is 6. The SMILES string of the molecule is CCOc1cc(C=O)ccc1Oc1ccc([N+](=O)[O-])cn1.Cl. The van der Waals surface area contributed by atoms with Gasteiger partial charge in [-0.2, -0.15) is 0 Å². The van der Waals surface area contributed by atoms with Crippen molar-refractivity contribution in [3.63, 3.8) is 0 Å². The summed E-state index contributed by atoms with van der Waals surface area (Å²) in [6, 6.07) is 7.40. The van der Waals surface area contributed by atoms with Crippen LogP contribution in [0.3, 0.4) is 0 Å². The third-order valence-electron chi connectivity index (χ3n) is 2.55. The van der Waals surface area contributed by atoms with Gasteiger partial charge in [-0.15, -0.1) is 12.4 Å². The second kappa shape index (κ2) is 7.94. The van der Waals surface area contributed by atoms with Gasteiger partial charge >= 0.3 is 0 Å². The highest BCUT2D eigenvalue weighted by Gasteiger charge is 2.10. The van der Waals surface area contributed by atoms with E-state index in [0.717, 1.165) is 6.20 Å². The molecule has 0 saturated carbocycles. The summed E-state index contributed by atoms with van der Waals surface area (Å²) >= 11 is 0. The molecule has 0 aliphatic carbocycles. The number of nitrogens with zero attached hydrogens (tertiary/aromatic N) is 2. The normalized spacial score (nSPS) is 9.50. The number of hydrogen-bond donors (Lipinski definition) is 0. The molecule has 8 heteroatoms. The van der Waals surface area contributed by atoms with Gasteiger partial charge in [-0.3, -0.25) is 14.9 Å². The quantitative estimate of drug-likeness (QED) is 0.459. The number of nitro groups is 1. The second-order valence-corrected chi connectivity index (χ2v) is 3.97. The molecule has 0 aliphatic heterocycles. The molecule has 1 heterocycles. The summed E-state index contributed by atoms with van der Waals surface area (Å²) in [4.78, 5) is 24.6. The van der Waals surface area contributed by atoms with Crippen LogP contribution in [0.2, 0.25) is 0 Å². The molecule has 2 rings (SSSR count). The molecular weight excluding hydrogens is 312 g/mol. The van der Waals surface area contributed by atoms with Crippen LogP contribution in [-0.2, 0) is 0 Å². The van der Waals surface area contributed by atoms with E-state index < -0.39 is 4.92 Å². The van der Waals surface area contributed by atoms with Crippen LogP contribution < -0.4 is 9.47 Å². The number of benzene rings is 1. The Morgan fingerprint density at radius 1 is 1.27 bits per heavy atom. The van der Waals surface area contributed by atoms with Gasteiger partial charge in [0.1, 0.15) is 12.5 Å². The van der Waals surface area contributed by atoms with Gasteiger partial charge in [0.25, 0.3) is 5.69 Å². The zero-order valence-electron chi connectivity index (χ0n) is 11.6. The highest BCUT2D eigenvalue weighted by molar-refractivity contribution is 5.85. The first-order valence-electron chi connectivity index (χ1n) is 6.14. The first kappa shape index (κ1) is 17.4. The van der Waals surface area contributed by atoms with Crippen LogP contribution in [0.1, 0.15) is 17.3 Å². The number of aromatic nitrogens is 1. The number of carbonyl (C=O) groups is 1. The average molecular weight is 325 g/mol. The molecule has 0 N–H and O–H groups in total. The Morgan fingerprint density at radius 2 is 2.05 bits per heavy atom. The van der Waals surface area contributed by atoms with E-state index in [2.05, 4.69) is 4.98 Å². The monoisotopic (exact) mass is 324 g/mol. The lowest BCUT2D eigenvalue weighted by molar-refractivity contribution is -0.385. The first-order valence-corrected chi connectivity index (χ1v) is 6.14. The minimum atomic E-state index is -0.540. The van der Waals surface area contributed by atoms with E-state index in [1.54, 1.807) is 18.2 Å². The van der Waals surface area contributed by atoms with Crippen molar-refractivity contribution in [2.75, 3.05) is 6.61 Å². The molecule has 0 fully saturated rings. The zero-order chi connectivity index (χ0) is 15.2. The van der Waals surface area contributed by atoms with Gasteiger partial charge in [-0.25, -0.2) is 4.98 Å². The van der Waals surface area contributed by atoms with E-state index >= 15 is 0 Å². The van der Waals surface area contributed by atoms with Crippen LogP contribution >= 0.6 is 12.4 Å². The largest absolute Gasteiger partial charge is 0.490 e. The van der Waals surface area contributed by atoms with E-state index in [9.17, 15) is 14.9 Å². The number of carbonyl (C=O) groups excluding carboxylic acids is 1. The molecule has 0 unspecified atom stereocenters. The summed E-state index contributed by atoms with van der Waals surface area (Å²) in [6.07, 6.45) is 1.81.